The molecule has 0 bridgehead atoms. The lowest BCUT2D eigenvalue weighted by Gasteiger charge is -2.26. The molecule has 4 heteroatoms. The van der Waals surface area contributed by atoms with E-state index in [0.717, 1.165) is 59.8 Å². The maximum Gasteiger partial charge on any atom is 0.161 e. The van der Waals surface area contributed by atoms with E-state index in [2.05, 4.69) is 157 Å². The Morgan fingerprint density at radius 2 is 0.957 bits per heavy atom. The van der Waals surface area contributed by atoms with Gasteiger partial charge in [0.2, 0.25) is 0 Å². The van der Waals surface area contributed by atoms with Crippen molar-refractivity contribution in [2.45, 2.75) is 0 Å². The lowest BCUT2D eigenvalue weighted by molar-refractivity contribution is 0.669. The van der Waals surface area contributed by atoms with Gasteiger partial charge in [-0.2, -0.15) is 0 Å². The van der Waals surface area contributed by atoms with Crippen LogP contribution in [-0.2, 0) is 0 Å². The second-order valence-electron chi connectivity index (χ2n) is 11.6. The van der Waals surface area contributed by atoms with Crippen LogP contribution in [0.4, 0.5) is 17.1 Å². The first-order valence-corrected chi connectivity index (χ1v) is 16.5. The number of nitrogens with zero attached hydrogens (tertiary/aromatic N) is 2. The molecule has 0 amide bonds. The molecule has 2 aromatic heterocycles. The summed E-state index contributed by atoms with van der Waals surface area (Å²) in [6.45, 7) is 0. The first-order valence-electron chi connectivity index (χ1n) is 15.7. The fraction of sp³-hybridized carbons (Fsp3) is 0. The van der Waals surface area contributed by atoms with Crippen LogP contribution in [0.5, 0.6) is 0 Å². The summed E-state index contributed by atoms with van der Waals surface area (Å²) in [6, 6.07) is 59.6. The van der Waals surface area contributed by atoms with Crippen LogP contribution >= 0.6 is 11.3 Å². The third-order valence-corrected chi connectivity index (χ3v) is 9.76. The van der Waals surface area contributed by atoms with E-state index in [1.54, 1.807) is 11.3 Å². The van der Waals surface area contributed by atoms with Crippen molar-refractivity contribution in [3.8, 4) is 32.8 Å². The Kier molecular flexibility index (Phi) is 6.65. The van der Waals surface area contributed by atoms with Crippen molar-refractivity contribution >= 4 is 60.6 Å². The number of anilines is 3. The van der Waals surface area contributed by atoms with E-state index in [4.69, 9.17) is 9.40 Å². The molecule has 0 saturated heterocycles. The maximum absolute atomic E-state index is 6.74. The van der Waals surface area contributed by atoms with Gasteiger partial charge in [-0.3, -0.25) is 0 Å². The Bertz CT molecular complexity index is 2400. The zero-order valence-corrected chi connectivity index (χ0v) is 26.2. The van der Waals surface area contributed by atoms with Crippen LogP contribution in [0.15, 0.2) is 174 Å². The maximum atomic E-state index is 6.74. The molecule has 9 rings (SSSR count). The standard InChI is InChI=1S/C43H28N2OS/c1-4-12-29(13-5-1)31-20-24-34(25-21-31)45(35-26-22-32(23-27-35)30-14-6-2-7-15-30)41-40-39(47-43(44-40)33-16-8-3-9-17-33)28-37-36-18-10-11-19-38(36)46-42(37)41/h1-28H. The predicted octanol–water partition coefficient (Wildman–Crippen LogP) is 12.7. The number of thiazole rings is 1. The number of aromatic nitrogens is 1. The zero-order chi connectivity index (χ0) is 31.2. The smallest absolute Gasteiger partial charge is 0.161 e. The third kappa shape index (κ3) is 4.87. The molecule has 0 spiro atoms. The number of furan rings is 1. The summed E-state index contributed by atoms with van der Waals surface area (Å²) in [5.41, 5.74) is 11.4. The van der Waals surface area contributed by atoms with E-state index in [1.165, 1.54) is 22.3 Å². The van der Waals surface area contributed by atoms with Gasteiger partial charge < -0.3 is 9.32 Å². The van der Waals surface area contributed by atoms with Crippen LogP contribution in [0.2, 0.25) is 0 Å². The van der Waals surface area contributed by atoms with Gasteiger partial charge in [0.25, 0.3) is 0 Å². The lowest BCUT2D eigenvalue weighted by atomic mass is 10.0. The summed E-state index contributed by atoms with van der Waals surface area (Å²) in [4.78, 5) is 7.63. The monoisotopic (exact) mass is 620 g/mol. The topological polar surface area (TPSA) is 29.3 Å². The summed E-state index contributed by atoms with van der Waals surface area (Å²) in [6.07, 6.45) is 0. The number of hydrogen-bond donors (Lipinski definition) is 0. The molecule has 9 aromatic rings. The molecule has 0 aliphatic heterocycles. The molecule has 0 aliphatic rings. The molecule has 0 aliphatic carbocycles. The van der Waals surface area contributed by atoms with Crippen molar-refractivity contribution in [3.05, 3.63) is 170 Å². The van der Waals surface area contributed by atoms with Gasteiger partial charge in [-0.25, -0.2) is 4.98 Å². The summed E-state index contributed by atoms with van der Waals surface area (Å²) in [5.74, 6) is 0. The molecule has 222 valence electrons. The first kappa shape index (κ1) is 27.3. The van der Waals surface area contributed by atoms with Gasteiger partial charge in [0.1, 0.15) is 21.8 Å². The molecular formula is C43H28N2OS. The van der Waals surface area contributed by atoms with Crippen molar-refractivity contribution in [1.29, 1.82) is 0 Å². The van der Waals surface area contributed by atoms with Gasteiger partial charge >= 0.3 is 0 Å². The number of benzene rings is 7. The molecule has 0 N–H and O–H groups in total. The van der Waals surface area contributed by atoms with Crippen LogP contribution in [0.1, 0.15) is 0 Å². The molecule has 0 radical (unpaired) electrons. The number of fused-ring (bicyclic) bond motifs is 4. The molecule has 0 unspecified atom stereocenters. The molecule has 47 heavy (non-hydrogen) atoms. The summed E-state index contributed by atoms with van der Waals surface area (Å²) >= 11 is 1.72. The Morgan fingerprint density at radius 3 is 1.53 bits per heavy atom. The van der Waals surface area contributed by atoms with Gasteiger partial charge in [0.15, 0.2) is 5.58 Å². The Labute approximate surface area is 276 Å². The number of para-hydroxylation sites is 1. The van der Waals surface area contributed by atoms with E-state index in [0.29, 0.717) is 0 Å². The van der Waals surface area contributed by atoms with E-state index >= 15 is 0 Å². The second kappa shape index (κ2) is 11.4. The van der Waals surface area contributed by atoms with Gasteiger partial charge in [0, 0.05) is 27.7 Å². The van der Waals surface area contributed by atoms with Gasteiger partial charge in [0.05, 0.1) is 4.70 Å². The fourth-order valence-corrected chi connectivity index (χ4v) is 7.42. The Balaban J connectivity index is 1.31. The minimum atomic E-state index is 0.822. The van der Waals surface area contributed by atoms with E-state index < -0.39 is 0 Å². The largest absolute Gasteiger partial charge is 0.454 e. The van der Waals surface area contributed by atoms with Crippen LogP contribution < -0.4 is 4.90 Å². The minimum Gasteiger partial charge on any atom is -0.454 e. The quantitative estimate of drug-likeness (QED) is 0.185. The van der Waals surface area contributed by atoms with E-state index in [1.807, 2.05) is 18.2 Å². The Hall–Kier alpha value is -5.97. The van der Waals surface area contributed by atoms with Gasteiger partial charge in [-0.15, -0.1) is 11.3 Å². The van der Waals surface area contributed by atoms with Gasteiger partial charge in [-0.1, -0.05) is 133 Å². The van der Waals surface area contributed by atoms with Crippen LogP contribution in [0.3, 0.4) is 0 Å². The van der Waals surface area contributed by atoms with Crippen LogP contribution in [0.25, 0.3) is 65.0 Å². The summed E-state index contributed by atoms with van der Waals surface area (Å²) in [5, 5.41) is 3.16. The number of rotatable bonds is 6. The third-order valence-electron chi connectivity index (χ3n) is 8.71. The Morgan fingerprint density at radius 1 is 0.468 bits per heavy atom. The highest BCUT2D eigenvalue weighted by molar-refractivity contribution is 7.21. The van der Waals surface area contributed by atoms with Crippen molar-refractivity contribution in [2.75, 3.05) is 4.90 Å². The summed E-state index contributed by atoms with van der Waals surface area (Å²) < 4.78 is 7.86. The van der Waals surface area contributed by atoms with Crippen LogP contribution in [-0.4, -0.2) is 4.98 Å². The minimum absolute atomic E-state index is 0.822. The molecule has 3 nitrogen and oxygen atoms in total. The molecule has 0 fully saturated rings. The lowest BCUT2D eigenvalue weighted by Crippen LogP contribution is -2.11. The first-order chi connectivity index (χ1) is 23.3. The second-order valence-corrected chi connectivity index (χ2v) is 12.6. The molecule has 0 saturated carbocycles. The van der Waals surface area contributed by atoms with E-state index in [9.17, 15) is 0 Å². The molecule has 0 atom stereocenters. The number of hydrogen-bond acceptors (Lipinski definition) is 4. The van der Waals surface area contributed by atoms with Crippen molar-refractivity contribution in [3.63, 3.8) is 0 Å². The highest BCUT2D eigenvalue weighted by Gasteiger charge is 2.25. The average Bonchev–Trinajstić information content (AvgIpc) is 3.75. The van der Waals surface area contributed by atoms with Gasteiger partial charge in [-0.05, 0) is 58.7 Å². The van der Waals surface area contributed by atoms with E-state index in [-0.39, 0.29) is 0 Å². The van der Waals surface area contributed by atoms with Crippen molar-refractivity contribution < 1.29 is 4.42 Å². The molecular weight excluding hydrogens is 593 g/mol. The van der Waals surface area contributed by atoms with Crippen LogP contribution in [0, 0.1) is 0 Å². The highest BCUT2D eigenvalue weighted by Crippen LogP contribution is 2.48. The molecule has 7 aromatic carbocycles. The molecule has 2 heterocycles. The summed E-state index contributed by atoms with van der Waals surface area (Å²) in [7, 11) is 0. The van der Waals surface area contributed by atoms with Crippen molar-refractivity contribution in [1.82, 2.24) is 4.98 Å². The predicted molar refractivity (Wildman–Crippen MR) is 198 cm³/mol. The fourth-order valence-electron chi connectivity index (χ4n) is 6.41. The zero-order valence-electron chi connectivity index (χ0n) is 25.4. The van der Waals surface area contributed by atoms with Crippen molar-refractivity contribution in [2.24, 2.45) is 0 Å². The normalized spacial score (nSPS) is 11.4. The SMILES string of the molecule is c1ccc(-c2ccc(N(c3ccc(-c4ccccc4)cc3)c3c4nc(-c5ccccc5)sc4cc4c3oc3ccccc34)cc2)cc1. The highest BCUT2D eigenvalue weighted by atomic mass is 32.1. The average molecular weight is 621 g/mol.